The summed E-state index contributed by atoms with van der Waals surface area (Å²) < 4.78 is 0.942. The van der Waals surface area contributed by atoms with Crippen LogP contribution in [0.3, 0.4) is 0 Å². The standard InChI is InChI=1S/C11H12BrN3O2/c12-7-2-1-3-9-10(7)6(4-14-9)8(13)5-15-11(16)17/h1-4,8,14-15H,5,13H2,(H,16,17). The van der Waals surface area contributed by atoms with E-state index in [1.54, 1.807) is 0 Å². The van der Waals surface area contributed by atoms with Gasteiger partial charge in [-0.3, -0.25) is 0 Å². The van der Waals surface area contributed by atoms with Crippen LogP contribution in [0, 0.1) is 0 Å². The number of hydrogen-bond donors (Lipinski definition) is 4. The Kier molecular flexibility index (Phi) is 3.35. The second-order valence-corrected chi connectivity index (χ2v) is 4.55. The van der Waals surface area contributed by atoms with Gasteiger partial charge in [0, 0.05) is 34.2 Å². The van der Waals surface area contributed by atoms with Gasteiger partial charge < -0.3 is 21.1 Å². The Morgan fingerprint density at radius 2 is 2.35 bits per heavy atom. The zero-order valence-electron chi connectivity index (χ0n) is 8.90. The number of H-pyrrole nitrogens is 1. The van der Waals surface area contributed by atoms with Crippen LogP contribution in [0.1, 0.15) is 11.6 Å². The number of nitrogens with two attached hydrogens (primary N) is 1. The van der Waals surface area contributed by atoms with Gasteiger partial charge in [0.15, 0.2) is 0 Å². The zero-order valence-corrected chi connectivity index (χ0v) is 10.5. The second-order valence-electron chi connectivity index (χ2n) is 3.70. The summed E-state index contributed by atoms with van der Waals surface area (Å²) in [5, 5.41) is 11.8. The molecule has 1 heterocycles. The summed E-state index contributed by atoms with van der Waals surface area (Å²) in [4.78, 5) is 13.5. The van der Waals surface area contributed by atoms with Gasteiger partial charge in [-0.1, -0.05) is 22.0 Å². The van der Waals surface area contributed by atoms with E-state index in [1.165, 1.54) is 0 Å². The molecule has 5 N–H and O–H groups in total. The van der Waals surface area contributed by atoms with Crippen LogP contribution in [0.5, 0.6) is 0 Å². The molecule has 0 aliphatic carbocycles. The molecule has 0 saturated carbocycles. The minimum Gasteiger partial charge on any atom is -0.465 e. The van der Waals surface area contributed by atoms with Crippen molar-refractivity contribution in [3.63, 3.8) is 0 Å². The minimum absolute atomic E-state index is 0.184. The highest BCUT2D eigenvalue weighted by Crippen LogP contribution is 2.29. The van der Waals surface area contributed by atoms with Crippen molar-refractivity contribution in [3.8, 4) is 0 Å². The van der Waals surface area contributed by atoms with Crippen molar-refractivity contribution in [3.05, 3.63) is 34.4 Å². The molecule has 0 spiro atoms. The van der Waals surface area contributed by atoms with E-state index in [2.05, 4.69) is 26.2 Å². The van der Waals surface area contributed by atoms with E-state index in [9.17, 15) is 4.79 Å². The molecule has 0 saturated heterocycles. The highest BCUT2D eigenvalue weighted by atomic mass is 79.9. The summed E-state index contributed by atoms with van der Waals surface area (Å²) in [5.74, 6) is 0. The molecule has 0 aliphatic heterocycles. The first-order valence-electron chi connectivity index (χ1n) is 5.07. The maximum atomic E-state index is 10.4. The maximum absolute atomic E-state index is 10.4. The van der Waals surface area contributed by atoms with E-state index in [4.69, 9.17) is 10.8 Å². The summed E-state index contributed by atoms with van der Waals surface area (Å²) in [7, 11) is 0. The number of carbonyl (C=O) groups is 1. The van der Waals surface area contributed by atoms with Gasteiger partial charge in [0.2, 0.25) is 0 Å². The van der Waals surface area contributed by atoms with Crippen molar-refractivity contribution in [2.45, 2.75) is 6.04 Å². The molecular weight excluding hydrogens is 286 g/mol. The summed E-state index contributed by atoms with van der Waals surface area (Å²) in [6.45, 7) is 0.184. The molecule has 0 fully saturated rings. The molecule has 2 rings (SSSR count). The van der Waals surface area contributed by atoms with Gasteiger partial charge in [-0.05, 0) is 17.7 Å². The number of hydrogen-bond acceptors (Lipinski definition) is 2. The second kappa shape index (κ2) is 4.77. The van der Waals surface area contributed by atoms with Gasteiger partial charge in [0.05, 0.1) is 0 Å². The Labute approximate surface area is 106 Å². The van der Waals surface area contributed by atoms with Crippen molar-refractivity contribution in [1.29, 1.82) is 0 Å². The number of amides is 1. The van der Waals surface area contributed by atoms with Crippen LogP contribution in [-0.4, -0.2) is 22.7 Å². The number of aromatic amines is 1. The Morgan fingerprint density at radius 1 is 1.59 bits per heavy atom. The number of nitrogens with one attached hydrogen (secondary N) is 2. The number of rotatable bonds is 3. The molecular formula is C11H12BrN3O2. The van der Waals surface area contributed by atoms with Gasteiger partial charge >= 0.3 is 6.09 Å². The maximum Gasteiger partial charge on any atom is 0.404 e. The quantitative estimate of drug-likeness (QED) is 0.700. The topological polar surface area (TPSA) is 91.1 Å². The average Bonchev–Trinajstić information content (AvgIpc) is 2.71. The predicted octanol–water partition coefficient (Wildman–Crippen LogP) is 2.20. The molecule has 5 nitrogen and oxygen atoms in total. The molecule has 0 radical (unpaired) electrons. The molecule has 17 heavy (non-hydrogen) atoms. The van der Waals surface area contributed by atoms with Crippen LogP contribution in [0.4, 0.5) is 4.79 Å². The number of carboxylic acid groups (broad SMARTS) is 1. The van der Waals surface area contributed by atoms with E-state index >= 15 is 0 Å². The van der Waals surface area contributed by atoms with Gasteiger partial charge in [-0.15, -0.1) is 0 Å². The molecule has 90 valence electrons. The first kappa shape index (κ1) is 11.9. The summed E-state index contributed by atoms with van der Waals surface area (Å²) in [5.41, 5.74) is 7.82. The number of aromatic nitrogens is 1. The number of benzene rings is 1. The van der Waals surface area contributed by atoms with Gasteiger partial charge in [0.25, 0.3) is 0 Å². The largest absolute Gasteiger partial charge is 0.465 e. The third-order valence-corrected chi connectivity index (χ3v) is 3.22. The lowest BCUT2D eigenvalue weighted by molar-refractivity contribution is 0.193. The Balaban J connectivity index is 2.32. The third-order valence-electron chi connectivity index (χ3n) is 2.56. The van der Waals surface area contributed by atoms with Crippen LogP contribution in [-0.2, 0) is 0 Å². The molecule has 1 aromatic carbocycles. The van der Waals surface area contributed by atoms with Crippen LogP contribution >= 0.6 is 15.9 Å². The first-order valence-corrected chi connectivity index (χ1v) is 5.86. The van der Waals surface area contributed by atoms with Crippen molar-refractivity contribution in [2.24, 2.45) is 5.73 Å². The van der Waals surface area contributed by atoms with Gasteiger partial charge in [-0.2, -0.15) is 0 Å². The van der Waals surface area contributed by atoms with Crippen LogP contribution in [0.25, 0.3) is 10.9 Å². The van der Waals surface area contributed by atoms with E-state index in [-0.39, 0.29) is 12.6 Å². The molecule has 0 bridgehead atoms. The minimum atomic E-state index is -1.07. The third kappa shape index (κ3) is 2.42. The smallest absolute Gasteiger partial charge is 0.404 e. The molecule has 2 aromatic rings. The lowest BCUT2D eigenvalue weighted by Crippen LogP contribution is -2.30. The summed E-state index contributed by atoms with van der Waals surface area (Å²) >= 11 is 3.46. The van der Waals surface area contributed by atoms with Crippen molar-refractivity contribution < 1.29 is 9.90 Å². The van der Waals surface area contributed by atoms with Crippen LogP contribution in [0.15, 0.2) is 28.9 Å². The summed E-state index contributed by atoms with van der Waals surface area (Å²) in [6.07, 6.45) is 0.739. The van der Waals surface area contributed by atoms with Crippen molar-refractivity contribution >= 4 is 32.9 Å². The number of halogens is 1. The van der Waals surface area contributed by atoms with Gasteiger partial charge in [0.1, 0.15) is 0 Å². The van der Waals surface area contributed by atoms with E-state index in [0.29, 0.717) is 0 Å². The Morgan fingerprint density at radius 3 is 3.06 bits per heavy atom. The highest BCUT2D eigenvalue weighted by molar-refractivity contribution is 9.10. The van der Waals surface area contributed by atoms with Gasteiger partial charge in [-0.25, -0.2) is 4.79 Å². The molecule has 0 aliphatic rings. The van der Waals surface area contributed by atoms with E-state index < -0.39 is 6.09 Å². The summed E-state index contributed by atoms with van der Waals surface area (Å²) in [6, 6.07) is 5.42. The van der Waals surface area contributed by atoms with Crippen molar-refractivity contribution in [2.75, 3.05) is 6.54 Å². The number of fused-ring (bicyclic) bond motifs is 1. The van der Waals surface area contributed by atoms with Crippen LogP contribution in [0.2, 0.25) is 0 Å². The monoisotopic (exact) mass is 297 g/mol. The molecule has 6 heteroatoms. The zero-order chi connectivity index (χ0) is 12.4. The molecule has 1 unspecified atom stereocenters. The lowest BCUT2D eigenvalue weighted by Gasteiger charge is -2.11. The normalized spacial score (nSPS) is 12.6. The Hall–Kier alpha value is -1.53. The Bertz CT molecular complexity index is 553. The van der Waals surface area contributed by atoms with Crippen LogP contribution < -0.4 is 11.1 Å². The van der Waals surface area contributed by atoms with E-state index in [1.807, 2.05) is 24.4 Å². The predicted molar refractivity (Wildman–Crippen MR) is 69.0 cm³/mol. The molecule has 1 atom stereocenters. The van der Waals surface area contributed by atoms with Crippen molar-refractivity contribution in [1.82, 2.24) is 10.3 Å². The van der Waals surface area contributed by atoms with E-state index in [0.717, 1.165) is 20.9 Å². The fraction of sp³-hybridized carbons (Fsp3) is 0.182. The fourth-order valence-electron chi connectivity index (χ4n) is 1.77. The molecule has 1 amide bonds. The molecule has 1 aromatic heterocycles. The first-order chi connectivity index (χ1) is 8.09. The lowest BCUT2D eigenvalue weighted by atomic mass is 10.1. The highest BCUT2D eigenvalue weighted by Gasteiger charge is 2.14. The fourth-order valence-corrected chi connectivity index (χ4v) is 2.36. The SMILES string of the molecule is NC(CNC(=O)O)c1c[nH]c2cccc(Br)c12. The average molecular weight is 298 g/mol.